The second kappa shape index (κ2) is 5.55. The molecule has 0 aromatic rings. The lowest BCUT2D eigenvalue weighted by molar-refractivity contribution is 0.0267. The summed E-state index contributed by atoms with van der Waals surface area (Å²) in [6, 6.07) is 0. The van der Waals surface area contributed by atoms with Crippen LogP contribution in [-0.2, 0) is 4.74 Å². The molecular formula is C12H23NOS. The highest BCUT2D eigenvalue weighted by Gasteiger charge is 2.29. The van der Waals surface area contributed by atoms with E-state index in [2.05, 4.69) is 30.5 Å². The SMILES string of the molecule is CC(C)C1CCSC(N2CCOCC2)C1. The van der Waals surface area contributed by atoms with Gasteiger partial charge >= 0.3 is 0 Å². The van der Waals surface area contributed by atoms with Crippen molar-refractivity contribution in [2.75, 3.05) is 32.1 Å². The minimum Gasteiger partial charge on any atom is -0.379 e. The second-order valence-electron chi connectivity index (χ2n) is 5.00. The molecule has 88 valence electrons. The van der Waals surface area contributed by atoms with Gasteiger partial charge in [-0.3, -0.25) is 4.90 Å². The minimum atomic E-state index is 0.773. The average Bonchev–Trinajstić information content (AvgIpc) is 2.30. The molecule has 0 radical (unpaired) electrons. The Kier molecular flexibility index (Phi) is 4.35. The zero-order chi connectivity index (χ0) is 10.7. The maximum absolute atomic E-state index is 5.41. The van der Waals surface area contributed by atoms with Crippen molar-refractivity contribution in [1.82, 2.24) is 4.90 Å². The Morgan fingerprint density at radius 1 is 1.27 bits per heavy atom. The Bertz CT molecular complexity index is 192. The van der Waals surface area contributed by atoms with Gasteiger partial charge in [-0.1, -0.05) is 13.8 Å². The first-order valence-electron chi connectivity index (χ1n) is 6.21. The normalized spacial score (nSPS) is 34.6. The largest absolute Gasteiger partial charge is 0.379 e. The van der Waals surface area contributed by atoms with Crippen molar-refractivity contribution in [2.24, 2.45) is 11.8 Å². The number of nitrogens with zero attached hydrogens (tertiary/aromatic N) is 1. The molecule has 0 aromatic heterocycles. The lowest BCUT2D eigenvalue weighted by atomic mass is 9.89. The van der Waals surface area contributed by atoms with E-state index in [1.54, 1.807) is 0 Å². The van der Waals surface area contributed by atoms with Crippen molar-refractivity contribution in [3.05, 3.63) is 0 Å². The summed E-state index contributed by atoms with van der Waals surface area (Å²) in [4.78, 5) is 2.63. The van der Waals surface area contributed by atoms with Crippen molar-refractivity contribution >= 4 is 11.8 Å². The monoisotopic (exact) mass is 229 g/mol. The zero-order valence-corrected chi connectivity index (χ0v) is 10.8. The summed E-state index contributed by atoms with van der Waals surface area (Å²) in [5.74, 6) is 3.15. The highest BCUT2D eigenvalue weighted by atomic mass is 32.2. The predicted molar refractivity (Wildman–Crippen MR) is 66.2 cm³/mol. The molecular weight excluding hydrogens is 206 g/mol. The van der Waals surface area contributed by atoms with Gasteiger partial charge in [0, 0.05) is 13.1 Å². The second-order valence-corrected chi connectivity index (χ2v) is 6.29. The smallest absolute Gasteiger partial charge is 0.0594 e. The maximum atomic E-state index is 5.41. The molecule has 2 heterocycles. The maximum Gasteiger partial charge on any atom is 0.0594 e. The molecule has 2 atom stereocenters. The number of thioether (sulfide) groups is 1. The molecule has 2 fully saturated rings. The summed E-state index contributed by atoms with van der Waals surface area (Å²) < 4.78 is 5.41. The number of rotatable bonds is 2. The van der Waals surface area contributed by atoms with Crippen LogP contribution in [0.15, 0.2) is 0 Å². The van der Waals surface area contributed by atoms with Gasteiger partial charge in [-0.25, -0.2) is 0 Å². The van der Waals surface area contributed by atoms with Crippen LogP contribution in [0.1, 0.15) is 26.7 Å². The summed E-state index contributed by atoms with van der Waals surface area (Å²) in [6.07, 6.45) is 2.81. The number of hydrogen-bond acceptors (Lipinski definition) is 3. The molecule has 0 aromatic carbocycles. The van der Waals surface area contributed by atoms with Crippen LogP contribution < -0.4 is 0 Å². The van der Waals surface area contributed by atoms with Gasteiger partial charge in [-0.15, -0.1) is 11.8 Å². The molecule has 0 aliphatic carbocycles. The van der Waals surface area contributed by atoms with E-state index < -0.39 is 0 Å². The quantitative estimate of drug-likeness (QED) is 0.721. The van der Waals surface area contributed by atoms with Crippen LogP contribution in [0, 0.1) is 11.8 Å². The van der Waals surface area contributed by atoms with Crippen LogP contribution >= 0.6 is 11.8 Å². The highest BCUT2D eigenvalue weighted by molar-refractivity contribution is 7.99. The van der Waals surface area contributed by atoms with E-state index in [1.807, 2.05) is 0 Å². The Morgan fingerprint density at radius 3 is 2.67 bits per heavy atom. The Labute approximate surface area is 97.7 Å². The third kappa shape index (κ3) is 3.11. The first-order valence-corrected chi connectivity index (χ1v) is 7.25. The van der Waals surface area contributed by atoms with E-state index in [9.17, 15) is 0 Å². The first-order chi connectivity index (χ1) is 7.27. The van der Waals surface area contributed by atoms with Gasteiger partial charge in [0.05, 0.1) is 18.6 Å². The van der Waals surface area contributed by atoms with Crippen LogP contribution in [-0.4, -0.2) is 42.3 Å². The van der Waals surface area contributed by atoms with Crippen LogP contribution in [0.5, 0.6) is 0 Å². The van der Waals surface area contributed by atoms with Gasteiger partial charge in [0.15, 0.2) is 0 Å². The highest BCUT2D eigenvalue weighted by Crippen LogP contribution is 2.35. The van der Waals surface area contributed by atoms with E-state index >= 15 is 0 Å². The van der Waals surface area contributed by atoms with Crippen molar-refractivity contribution in [3.8, 4) is 0 Å². The lowest BCUT2D eigenvalue weighted by Gasteiger charge is -2.39. The number of ether oxygens (including phenoxy) is 1. The van der Waals surface area contributed by atoms with Gasteiger partial charge in [0.2, 0.25) is 0 Å². The molecule has 2 rings (SSSR count). The molecule has 2 nitrogen and oxygen atoms in total. The third-order valence-electron chi connectivity index (χ3n) is 3.70. The summed E-state index contributed by atoms with van der Waals surface area (Å²) in [7, 11) is 0. The lowest BCUT2D eigenvalue weighted by Crippen LogP contribution is -2.44. The Hall–Kier alpha value is 0.270. The summed E-state index contributed by atoms with van der Waals surface area (Å²) in [6.45, 7) is 8.89. The standard InChI is InChI=1S/C12H23NOS/c1-10(2)11-3-8-15-12(9-11)13-4-6-14-7-5-13/h10-12H,3-9H2,1-2H3. The number of morpholine rings is 1. The van der Waals surface area contributed by atoms with Crippen LogP contribution in [0.2, 0.25) is 0 Å². The minimum absolute atomic E-state index is 0.773. The molecule has 2 aliphatic heterocycles. The fourth-order valence-corrected chi connectivity index (χ4v) is 4.04. The van der Waals surface area contributed by atoms with E-state index in [-0.39, 0.29) is 0 Å². The predicted octanol–water partition coefficient (Wildman–Crippen LogP) is 2.44. The zero-order valence-electron chi connectivity index (χ0n) is 9.95. The van der Waals surface area contributed by atoms with Gasteiger partial charge in [0.25, 0.3) is 0 Å². The van der Waals surface area contributed by atoms with E-state index in [1.165, 1.54) is 18.6 Å². The van der Waals surface area contributed by atoms with Crippen molar-refractivity contribution in [2.45, 2.75) is 32.1 Å². The van der Waals surface area contributed by atoms with Crippen LogP contribution in [0.4, 0.5) is 0 Å². The topological polar surface area (TPSA) is 12.5 Å². The van der Waals surface area contributed by atoms with Crippen molar-refractivity contribution < 1.29 is 4.74 Å². The van der Waals surface area contributed by atoms with Crippen molar-refractivity contribution in [1.29, 1.82) is 0 Å². The Morgan fingerprint density at radius 2 is 2.00 bits per heavy atom. The molecule has 0 spiro atoms. The molecule has 2 saturated heterocycles. The summed E-state index contributed by atoms with van der Waals surface area (Å²) >= 11 is 2.16. The van der Waals surface area contributed by atoms with Gasteiger partial charge < -0.3 is 4.74 Å². The van der Waals surface area contributed by atoms with Crippen molar-refractivity contribution in [3.63, 3.8) is 0 Å². The molecule has 0 bridgehead atoms. The average molecular weight is 229 g/mol. The van der Waals surface area contributed by atoms with E-state index in [4.69, 9.17) is 4.74 Å². The third-order valence-corrected chi connectivity index (χ3v) is 5.05. The van der Waals surface area contributed by atoms with Crippen LogP contribution in [0.3, 0.4) is 0 Å². The fraction of sp³-hybridized carbons (Fsp3) is 1.00. The van der Waals surface area contributed by atoms with E-state index in [0.29, 0.717) is 0 Å². The fourth-order valence-electron chi connectivity index (χ4n) is 2.53. The molecule has 2 unspecified atom stereocenters. The molecule has 0 amide bonds. The molecule has 0 N–H and O–H groups in total. The first kappa shape index (κ1) is 11.7. The molecule has 0 saturated carbocycles. The summed E-state index contributed by atoms with van der Waals surface area (Å²) in [5, 5.41) is 0.773. The molecule has 15 heavy (non-hydrogen) atoms. The van der Waals surface area contributed by atoms with Gasteiger partial charge in [-0.2, -0.15) is 0 Å². The number of hydrogen-bond donors (Lipinski definition) is 0. The Balaban J connectivity index is 1.85. The van der Waals surface area contributed by atoms with Gasteiger partial charge in [-0.05, 0) is 30.4 Å². The van der Waals surface area contributed by atoms with Gasteiger partial charge in [0.1, 0.15) is 0 Å². The van der Waals surface area contributed by atoms with E-state index in [0.717, 1.165) is 43.5 Å². The summed E-state index contributed by atoms with van der Waals surface area (Å²) in [5.41, 5.74) is 0. The molecule has 2 aliphatic rings. The molecule has 3 heteroatoms. The van der Waals surface area contributed by atoms with Crippen LogP contribution in [0.25, 0.3) is 0 Å².